The molecule has 1 aliphatic carbocycles. The Hall–Kier alpha value is -1.38. The van der Waals surface area contributed by atoms with Crippen LogP contribution in [0.1, 0.15) is 39.0 Å². The second-order valence-electron chi connectivity index (χ2n) is 7.06. The summed E-state index contributed by atoms with van der Waals surface area (Å²) in [5, 5.41) is 4.62. The van der Waals surface area contributed by atoms with Crippen LogP contribution < -0.4 is 10.6 Å². The average molecular weight is 389 g/mol. The molecule has 8 nitrogen and oxygen atoms in total. The Morgan fingerprint density at radius 2 is 2.04 bits per heavy atom. The van der Waals surface area contributed by atoms with Crippen molar-refractivity contribution < 1.29 is 28.6 Å². The molecular formula is C17H25ClN2O6. The fourth-order valence-corrected chi connectivity index (χ4v) is 4.37. The van der Waals surface area contributed by atoms with Gasteiger partial charge in [-0.1, -0.05) is 0 Å². The summed E-state index contributed by atoms with van der Waals surface area (Å²) in [6, 6.07) is -0.530. The van der Waals surface area contributed by atoms with E-state index in [-0.39, 0.29) is 41.3 Å². The maximum atomic E-state index is 12.0. The smallest absolute Gasteiger partial charge is 0.323 e. The number of unbranched alkanes of at least 4 members (excludes halogenated alkanes) is 1. The first-order valence-electron chi connectivity index (χ1n) is 9.11. The molecule has 1 saturated carbocycles. The zero-order chi connectivity index (χ0) is 18.7. The van der Waals surface area contributed by atoms with Gasteiger partial charge in [-0.3, -0.25) is 14.9 Å². The van der Waals surface area contributed by atoms with Crippen molar-refractivity contribution in [1.82, 2.24) is 10.6 Å². The topological polar surface area (TPSA) is 103 Å². The monoisotopic (exact) mass is 388 g/mol. The van der Waals surface area contributed by atoms with Crippen LogP contribution in [0, 0.1) is 11.8 Å². The molecule has 26 heavy (non-hydrogen) atoms. The number of hydrogen-bond donors (Lipinski definition) is 2. The van der Waals surface area contributed by atoms with Crippen LogP contribution in [0.5, 0.6) is 0 Å². The quantitative estimate of drug-likeness (QED) is 0.404. The van der Waals surface area contributed by atoms with Crippen molar-refractivity contribution in [2.75, 3.05) is 13.2 Å². The van der Waals surface area contributed by atoms with Gasteiger partial charge in [0.15, 0.2) is 0 Å². The Kier molecular flexibility index (Phi) is 6.37. The molecule has 0 spiro atoms. The normalized spacial score (nSPS) is 36.4. The van der Waals surface area contributed by atoms with E-state index in [1.807, 2.05) is 0 Å². The number of rotatable bonds is 6. The number of amides is 3. The molecule has 2 saturated heterocycles. The van der Waals surface area contributed by atoms with Crippen molar-refractivity contribution in [1.29, 1.82) is 0 Å². The molecule has 0 aromatic rings. The second kappa shape index (κ2) is 8.54. The molecule has 3 aliphatic rings. The van der Waals surface area contributed by atoms with Crippen LogP contribution >= 0.6 is 11.6 Å². The van der Waals surface area contributed by atoms with E-state index in [0.29, 0.717) is 19.6 Å². The minimum absolute atomic E-state index is 0.128. The summed E-state index contributed by atoms with van der Waals surface area (Å²) in [6.45, 7) is 2.32. The third-order valence-corrected chi connectivity index (χ3v) is 5.73. The number of hydrogen-bond acceptors (Lipinski definition) is 6. The van der Waals surface area contributed by atoms with Crippen LogP contribution in [0.25, 0.3) is 0 Å². The molecule has 0 aromatic heterocycles. The molecule has 2 aliphatic heterocycles. The first-order valence-corrected chi connectivity index (χ1v) is 9.55. The minimum Gasteiger partial charge on any atom is -0.466 e. The minimum atomic E-state index is -0.624. The Balaban J connectivity index is 1.47. The van der Waals surface area contributed by atoms with E-state index < -0.39 is 12.3 Å². The number of fused-ring (bicyclic) bond motifs is 2. The number of alkyl halides is 1. The lowest BCUT2D eigenvalue weighted by atomic mass is 9.76. The highest BCUT2D eigenvalue weighted by molar-refractivity contribution is 6.21. The van der Waals surface area contributed by atoms with Gasteiger partial charge in [0.2, 0.25) is 5.91 Å². The molecule has 3 fully saturated rings. The third-order valence-electron chi connectivity index (χ3n) is 5.20. The van der Waals surface area contributed by atoms with Crippen molar-refractivity contribution in [3.63, 3.8) is 0 Å². The summed E-state index contributed by atoms with van der Waals surface area (Å²) < 4.78 is 16.8. The summed E-state index contributed by atoms with van der Waals surface area (Å²) in [7, 11) is 0. The lowest BCUT2D eigenvalue weighted by molar-refractivity contribution is -0.170. The van der Waals surface area contributed by atoms with E-state index in [1.165, 1.54) is 6.92 Å². The van der Waals surface area contributed by atoms with Gasteiger partial charge in [-0.15, -0.1) is 11.6 Å². The van der Waals surface area contributed by atoms with E-state index in [1.54, 1.807) is 0 Å². The molecule has 6 atom stereocenters. The van der Waals surface area contributed by atoms with Gasteiger partial charge in [-0.25, -0.2) is 4.79 Å². The Labute approximate surface area is 157 Å². The number of carbonyl (C=O) groups is 3. The van der Waals surface area contributed by atoms with Crippen molar-refractivity contribution in [2.45, 2.75) is 62.8 Å². The number of nitrogens with one attached hydrogen (secondary N) is 2. The lowest BCUT2D eigenvalue weighted by Crippen LogP contribution is -2.65. The zero-order valence-electron chi connectivity index (χ0n) is 14.7. The zero-order valence-corrected chi connectivity index (χ0v) is 15.5. The van der Waals surface area contributed by atoms with Crippen molar-refractivity contribution in [3.8, 4) is 0 Å². The predicted molar refractivity (Wildman–Crippen MR) is 91.4 cm³/mol. The number of carbonyl (C=O) groups excluding carboxylic acids is 3. The molecule has 2 N–H and O–H groups in total. The van der Waals surface area contributed by atoms with Crippen molar-refractivity contribution >= 4 is 29.5 Å². The van der Waals surface area contributed by atoms with Gasteiger partial charge < -0.3 is 19.5 Å². The van der Waals surface area contributed by atoms with Crippen LogP contribution in [-0.4, -0.2) is 54.9 Å². The summed E-state index contributed by atoms with van der Waals surface area (Å²) in [4.78, 5) is 34.2. The number of imide groups is 1. The van der Waals surface area contributed by atoms with Crippen LogP contribution in [0.3, 0.4) is 0 Å². The van der Waals surface area contributed by atoms with Crippen molar-refractivity contribution in [2.24, 2.45) is 11.8 Å². The first kappa shape index (κ1) is 19.4. The Bertz CT molecular complexity index is 559. The molecule has 2 heterocycles. The Morgan fingerprint density at radius 1 is 1.27 bits per heavy atom. The molecule has 0 radical (unpaired) electrons. The highest BCUT2D eigenvalue weighted by atomic mass is 35.5. The SMILES string of the molecule is CC(=O)OCCCCOC1CCC2CC3C(=O)NC(=O)NC3OC2C1Cl. The highest BCUT2D eigenvalue weighted by Gasteiger charge is 2.50. The first-order chi connectivity index (χ1) is 12.5. The molecule has 0 aromatic carbocycles. The molecule has 6 unspecified atom stereocenters. The van der Waals surface area contributed by atoms with E-state index >= 15 is 0 Å². The number of ether oxygens (including phenoxy) is 3. The lowest BCUT2D eigenvalue weighted by Gasteiger charge is -2.48. The molecule has 146 valence electrons. The second-order valence-corrected chi connectivity index (χ2v) is 7.57. The van der Waals surface area contributed by atoms with Crippen LogP contribution in [-0.2, 0) is 23.8 Å². The van der Waals surface area contributed by atoms with Crippen LogP contribution in [0.4, 0.5) is 4.79 Å². The summed E-state index contributed by atoms with van der Waals surface area (Å²) in [5.74, 6) is -0.740. The Morgan fingerprint density at radius 3 is 2.81 bits per heavy atom. The van der Waals surface area contributed by atoms with E-state index in [9.17, 15) is 14.4 Å². The van der Waals surface area contributed by atoms with Gasteiger partial charge >= 0.3 is 12.0 Å². The van der Waals surface area contributed by atoms with Crippen LogP contribution in [0.15, 0.2) is 0 Å². The van der Waals surface area contributed by atoms with Gasteiger partial charge in [-0.05, 0) is 38.0 Å². The molecular weight excluding hydrogens is 364 g/mol. The number of esters is 1. The molecule has 0 bridgehead atoms. The average Bonchev–Trinajstić information content (AvgIpc) is 2.58. The van der Waals surface area contributed by atoms with Gasteiger partial charge in [-0.2, -0.15) is 0 Å². The summed E-state index contributed by atoms with van der Waals surface area (Å²) in [6.07, 6.45) is 2.86. The summed E-state index contributed by atoms with van der Waals surface area (Å²) in [5.41, 5.74) is 0. The fraction of sp³-hybridized carbons (Fsp3) is 0.824. The molecule has 3 amide bonds. The van der Waals surface area contributed by atoms with E-state index in [0.717, 1.165) is 25.7 Å². The predicted octanol–water partition coefficient (Wildman–Crippen LogP) is 1.30. The maximum Gasteiger partial charge on any atom is 0.323 e. The van der Waals surface area contributed by atoms with Gasteiger partial charge in [0.1, 0.15) is 6.23 Å². The van der Waals surface area contributed by atoms with Gasteiger partial charge in [0.05, 0.1) is 30.1 Å². The third kappa shape index (κ3) is 4.47. The number of urea groups is 1. The highest BCUT2D eigenvalue weighted by Crippen LogP contribution is 2.41. The fourth-order valence-electron chi connectivity index (χ4n) is 3.90. The van der Waals surface area contributed by atoms with Crippen LogP contribution in [0.2, 0.25) is 0 Å². The van der Waals surface area contributed by atoms with Gasteiger partial charge in [0, 0.05) is 13.5 Å². The summed E-state index contributed by atoms with van der Waals surface area (Å²) >= 11 is 6.61. The van der Waals surface area contributed by atoms with Gasteiger partial charge in [0.25, 0.3) is 0 Å². The maximum absolute atomic E-state index is 12.0. The largest absolute Gasteiger partial charge is 0.466 e. The molecule has 3 rings (SSSR count). The molecule has 9 heteroatoms. The van der Waals surface area contributed by atoms with E-state index in [2.05, 4.69) is 10.6 Å². The van der Waals surface area contributed by atoms with E-state index in [4.69, 9.17) is 25.8 Å². The standard InChI is InChI=1S/C17H25ClN2O6/c1-9(21)24-6-2-3-7-25-12-5-4-10-8-11-15(22)19-17(23)20-16(11)26-14(10)13(12)18/h10-14,16H,2-8H2,1H3,(H2,19,20,22,23). The van der Waals surface area contributed by atoms with Crippen molar-refractivity contribution in [3.05, 3.63) is 0 Å². The number of halogens is 1.